The Labute approximate surface area is 112 Å². The Bertz CT molecular complexity index is 308. The van der Waals surface area contributed by atoms with Crippen LogP contribution in [0, 0.1) is 17.2 Å². The minimum absolute atomic E-state index is 0.297. The quantitative estimate of drug-likeness (QED) is 0.814. The van der Waals surface area contributed by atoms with E-state index in [9.17, 15) is 5.26 Å². The maximum atomic E-state index is 9.68. The molecule has 1 N–H and O–H groups in total. The Morgan fingerprint density at radius 2 is 1.83 bits per heavy atom. The lowest BCUT2D eigenvalue weighted by molar-refractivity contribution is 0.0730. The summed E-state index contributed by atoms with van der Waals surface area (Å²) in [4.78, 5) is 2.56. The van der Waals surface area contributed by atoms with E-state index in [-0.39, 0.29) is 5.54 Å². The number of hydrogen-bond acceptors (Lipinski definition) is 3. The second-order valence-electron chi connectivity index (χ2n) is 6.19. The first-order chi connectivity index (χ1) is 8.63. The SMILES string of the molecule is CCNC(C#N)(CN1[C@H](C)CCC[C@@H]1C)C1CC1. The monoisotopic (exact) mass is 249 g/mol. The van der Waals surface area contributed by atoms with Gasteiger partial charge in [0.15, 0.2) is 0 Å². The number of nitrogens with one attached hydrogen (secondary N) is 1. The van der Waals surface area contributed by atoms with Gasteiger partial charge in [-0.05, 0) is 52.0 Å². The largest absolute Gasteiger partial charge is 0.298 e. The van der Waals surface area contributed by atoms with Crippen molar-refractivity contribution in [2.24, 2.45) is 5.92 Å². The summed E-state index contributed by atoms with van der Waals surface area (Å²) in [5, 5.41) is 13.2. The van der Waals surface area contributed by atoms with Gasteiger partial charge in [0, 0.05) is 18.6 Å². The lowest BCUT2D eigenvalue weighted by Crippen LogP contribution is -2.58. The number of rotatable bonds is 5. The molecule has 0 amide bonds. The summed E-state index contributed by atoms with van der Waals surface area (Å²) in [5.41, 5.74) is -0.297. The molecule has 0 aromatic heterocycles. The highest BCUT2D eigenvalue weighted by Crippen LogP contribution is 2.41. The molecule has 3 atom stereocenters. The van der Waals surface area contributed by atoms with E-state index in [4.69, 9.17) is 0 Å². The highest BCUT2D eigenvalue weighted by atomic mass is 15.2. The van der Waals surface area contributed by atoms with Crippen LogP contribution in [-0.4, -0.2) is 35.6 Å². The predicted molar refractivity (Wildman–Crippen MR) is 74.2 cm³/mol. The fourth-order valence-corrected chi connectivity index (χ4v) is 3.46. The van der Waals surface area contributed by atoms with Crippen molar-refractivity contribution in [3.05, 3.63) is 0 Å². The van der Waals surface area contributed by atoms with E-state index in [1.165, 1.54) is 32.1 Å². The van der Waals surface area contributed by atoms with E-state index in [0.717, 1.165) is 13.1 Å². The van der Waals surface area contributed by atoms with Crippen molar-refractivity contribution >= 4 is 0 Å². The van der Waals surface area contributed by atoms with Crippen LogP contribution in [0.15, 0.2) is 0 Å². The minimum Gasteiger partial charge on any atom is -0.298 e. The summed E-state index contributed by atoms with van der Waals surface area (Å²) >= 11 is 0. The van der Waals surface area contributed by atoms with Crippen molar-refractivity contribution in [2.45, 2.75) is 70.5 Å². The zero-order valence-corrected chi connectivity index (χ0v) is 12.1. The summed E-state index contributed by atoms with van der Waals surface area (Å²) in [6.07, 6.45) is 6.34. The van der Waals surface area contributed by atoms with E-state index >= 15 is 0 Å². The molecule has 2 aliphatic rings. The molecule has 3 heteroatoms. The molecule has 0 radical (unpaired) electrons. The molecule has 0 spiro atoms. The van der Waals surface area contributed by atoms with Gasteiger partial charge in [-0.1, -0.05) is 13.3 Å². The van der Waals surface area contributed by atoms with Crippen molar-refractivity contribution in [2.75, 3.05) is 13.1 Å². The maximum absolute atomic E-state index is 9.68. The maximum Gasteiger partial charge on any atom is 0.122 e. The number of piperidine rings is 1. The first-order valence-corrected chi connectivity index (χ1v) is 7.55. The molecule has 1 aliphatic carbocycles. The Balaban J connectivity index is 2.10. The Hall–Kier alpha value is -0.590. The molecular weight excluding hydrogens is 222 g/mol. The second kappa shape index (κ2) is 5.59. The third kappa shape index (κ3) is 2.70. The normalized spacial score (nSPS) is 32.8. The van der Waals surface area contributed by atoms with E-state index in [2.05, 4.69) is 37.1 Å². The lowest BCUT2D eigenvalue weighted by Gasteiger charge is -2.43. The third-order valence-electron chi connectivity index (χ3n) is 4.77. The molecule has 1 unspecified atom stereocenters. The van der Waals surface area contributed by atoms with Gasteiger partial charge in [0.2, 0.25) is 0 Å². The van der Waals surface area contributed by atoms with E-state index < -0.39 is 0 Å². The summed E-state index contributed by atoms with van der Waals surface area (Å²) in [5.74, 6) is 0.573. The standard InChI is InChI=1S/C15H27N3/c1-4-17-15(10-16,14-8-9-14)11-18-12(2)6-5-7-13(18)3/h12-14,17H,4-9,11H2,1-3H3/t12-,13+,15?. The zero-order chi connectivity index (χ0) is 13.2. The van der Waals surface area contributed by atoms with Gasteiger partial charge in [0.05, 0.1) is 6.07 Å². The van der Waals surface area contributed by atoms with Crippen LogP contribution in [0.3, 0.4) is 0 Å². The van der Waals surface area contributed by atoms with Crippen molar-refractivity contribution in [3.8, 4) is 6.07 Å². The average molecular weight is 249 g/mol. The fourth-order valence-electron chi connectivity index (χ4n) is 3.46. The smallest absolute Gasteiger partial charge is 0.122 e. The molecule has 1 saturated heterocycles. The molecule has 2 rings (SSSR count). The first kappa shape index (κ1) is 13.8. The third-order valence-corrected chi connectivity index (χ3v) is 4.77. The van der Waals surface area contributed by atoms with Crippen LogP contribution in [0.5, 0.6) is 0 Å². The van der Waals surface area contributed by atoms with Gasteiger partial charge in [-0.2, -0.15) is 5.26 Å². The van der Waals surface area contributed by atoms with Crippen molar-refractivity contribution in [3.63, 3.8) is 0 Å². The van der Waals surface area contributed by atoms with Crippen LogP contribution in [0.1, 0.15) is 52.9 Å². The van der Waals surface area contributed by atoms with E-state index in [1.807, 2.05) is 0 Å². The van der Waals surface area contributed by atoms with Crippen molar-refractivity contribution in [1.82, 2.24) is 10.2 Å². The van der Waals surface area contributed by atoms with Crippen molar-refractivity contribution < 1.29 is 0 Å². The fraction of sp³-hybridized carbons (Fsp3) is 0.933. The number of hydrogen-bond donors (Lipinski definition) is 1. The van der Waals surface area contributed by atoms with E-state index in [1.54, 1.807) is 0 Å². The van der Waals surface area contributed by atoms with E-state index in [0.29, 0.717) is 18.0 Å². The second-order valence-corrected chi connectivity index (χ2v) is 6.19. The van der Waals surface area contributed by atoms with Gasteiger partial charge in [-0.3, -0.25) is 10.2 Å². The highest BCUT2D eigenvalue weighted by molar-refractivity contribution is 5.17. The molecule has 0 bridgehead atoms. The van der Waals surface area contributed by atoms with Gasteiger partial charge >= 0.3 is 0 Å². The highest BCUT2D eigenvalue weighted by Gasteiger charge is 2.47. The molecule has 1 saturated carbocycles. The van der Waals surface area contributed by atoms with Gasteiger partial charge < -0.3 is 0 Å². The number of likely N-dealkylation sites (N-methyl/N-ethyl adjacent to an activating group) is 1. The summed E-state index contributed by atoms with van der Waals surface area (Å²) < 4.78 is 0. The molecule has 1 heterocycles. The van der Waals surface area contributed by atoms with Gasteiger partial charge in [-0.15, -0.1) is 0 Å². The molecule has 1 aliphatic heterocycles. The molecule has 3 nitrogen and oxygen atoms in total. The molecule has 18 heavy (non-hydrogen) atoms. The van der Waals surface area contributed by atoms with Crippen LogP contribution in [0.2, 0.25) is 0 Å². The van der Waals surface area contributed by atoms with Crippen LogP contribution in [0.25, 0.3) is 0 Å². The van der Waals surface area contributed by atoms with Crippen molar-refractivity contribution in [1.29, 1.82) is 5.26 Å². The van der Waals surface area contributed by atoms with Crippen LogP contribution in [0.4, 0.5) is 0 Å². The number of nitrogens with zero attached hydrogens (tertiary/aromatic N) is 2. The Morgan fingerprint density at radius 3 is 2.28 bits per heavy atom. The topological polar surface area (TPSA) is 39.1 Å². The first-order valence-electron chi connectivity index (χ1n) is 7.55. The minimum atomic E-state index is -0.297. The molecule has 0 aromatic carbocycles. The predicted octanol–water partition coefficient (Wildman–Crippen LogP) is 2.53. The average Bonchev–Trinajstić information content (AvgIpc) is 3.17. The molecular formula is C15H27N3. The molecule has 102 valence electrons. The summed E-state index contributed by atoms with van der Waals surface area (Å²) in [6.45, 7) is 8.54. The number of likely N-dealkylation sites (tertiary alicyclic amines) is 1. The van der Waals surface area contributed by atoms with Crippen LogP contribution < -0.4 is 5.32 Å². The van der Waals surface area contributed by atoms with Gasteiger partial charge in [-0.25, -0.2) is 0 Å². The summed E-state index contributed by atoms with van der Waals surface area (Å²) in [7, 11) is 0. The molecule has 2 fully saturated rings. The summed E-state index contributed by atoms with van der Waals surface area (Å²) in [6, 6.07) is 3.86. The van der Waals surface area contributed by atoms with Crippen LogP contribution in [-0.2, 0) is 0 Å². The number of nitriles is 1. The zero-order valence-electron chi connectivity index (χ0n) is 12.1. The van der Waals surface area contributed by atoms with Crippen LogP contribution >= 0.6 is 0 Å². The van der Waals surface area contributed by atoms with Gasteiger partial charge in [0.1, 0.15) is 5.54 Å². The Kier molecular flexibility index (Phi) is 4.29. The lowest BCUT2D eigenvalue weighted by atomic mass is 9.89. The Morgan fingerprint density at radius 1 is 1.22 bits per heavy atom. The van der Waals surface area contributed by atoms with Gasteiger partial charge in [0.25, 0.3) is 0 Å². The molecule has 0 aromatic rings.